The molecule has 6 fully saturated rings. The lowest BCUT2D eigenvalue weighted by molar-refractivity contribution is -0.147. The van der Waals surface area contributed by atoms with Gasteiger partial charge >= 0.3 is 10.2 Å². The van der Waals surface area contributed by atoms with Gasteiger partial charge in [0.2, 0.25) is 17.7 Å². The third-order valence-corrected chi connectivity index (χ3v) is 17.9. The van der Waals surface area contributed by atoms with Gasteiger partial charge in [-0.1, -0.05) is 66.4 Å². The standard InChI is InChI=1S/C45H68N6O7S/c1-9-32-24-43(32,40(56)48-59(57,58)49-20-13-14-21-49)26-36(53)34-25-45(42(7,8)44(45)18-15-19-44)28-50(34)39(55)33(41(4,5)6)23-35(52)38(31-16-11-10-12-17-31)46-37(54)27-51-30(3)22-29(2)47-51/h9,22,31-34,38H,1,10-21,23-28H2,2-8H3,(H,46,54)(H,48,56)/t32-,33-,34+,38+,43-,45-/m1/s1. The van der Waals surface area contributed by atoms with Crippen LogP contribution in [0.15, 0.2) is 18.7 Å². The molecule has 13 nitrogen and oxygen atoms in total. The number of nitrogens with zero attached hydrogens (tertiary/aromatic N) is 4. The summed E-state index contributed by atoms with van der Waals surface area (Å²) in [7, 11) is -4.07. The lowest BCUT2D eigenvalue weighted by Gasteiger charge is -2.37. The highest BCUT2D eigenvalue weighted by Gasteiger charge is 2.85. The number of likely N-dealkylation sites (tertiary alicyclic amines) is 1. The second-order valence-electron chi connectivity index (χ2n) is 20.8. The van der Waals surface area contributed by atoms with Gasteiger partial charge in [0.25, 0.3) is 0 Å². The Morgan fingerprint density at radius 3 is 2.15 bits per heavy atom. The summed E-state index contributed by atoms with van der Waals surface area (Å²) in [5, 5.41) is 7.54. The fraction of sp³-hybridized carbons (Fsp3) is 0.778. The molecule has 0 bridgehead atoms. The average Bonchev–Trinajstić information content (AvgIpc) is 3.51. The highest BCUT2D eigenvalue weighted by molar-refractivity contribution is 7.87. The lowest BCUT2D eigenvalue weighted by atomic mass is 9.73. The van der Waals surface area contributed by atoms with Gasteiger partial charge < -0.3 is 10.2 Å². The van der Waals surface area contributed by atoms with Crippen molar-refractivity contribution in [3.63, 3.8) is 0 Å². The van der Waals surface area contributed by atoms with Gasteiger partial charge in [0.1, 0.15) is 6.54 Å². The minimum absolute atomic E-state index is 0.00853. The molecule has 2 spiro atoms. The van der Waals surface area contributed by atoms with Gasteiger partial charge in [0, 0.05) is 49.5 Å². The zero-order valence-corrected chi connectivity index (χ0v) is 37.3. The van der Waals surface area contributed by atoms with E-state index in [-0.39, 0.29) is 70.8 Å². The summed E-state index contributed by atoms with van der Waals surface area (Å²) in [5.74, 6) is -2.85. The Labute approximate surface area is 351 Å². The Morgan fingerprint density at radius 1 is 0.966 bits per heavy atom. The maximum atomic E-state index is 15.3. The van der Waals surface area contributed by atoms with Crippen molar-refractivity contribution in [2.75, 3.05) is 19.6 Å². The lowest BCUT2D eigenvalue weighted by Crippen LogP contribution is -2.51. The SMILES string of the molecule is C=C[C@@H]1C[C@]1(CC(=O)[C@@H]1C[C@@]2(CN1C(=O)[C@@H](CC(=O)[C@@H](NC(=O)Cn1nc(C)cc1C)C1CCCCC1)C(C)(C)C)C(C)(C)C21CCC1)C(=O)NS(=O)(=O)N1CCCC1. The second-order valence-corrected chi connectivity index (χ2v) is 22.5. The molecule has 4 aliphatic carbocycles. The number of Topliss-reactive ketones (excluding diaryl/α,β-unsaturated/α-hetero) is 2. The van der Waals surface area contributed by atoms with E-state index in [9.17, 15) is 27.6 Å². The van der Waals surface area contributed by atoms with Gasteiger partial charge in [-0.3, -0.25) is 28.7 Å². The van der Waals surface area contributed by atoms with Crippen LogP contribution in [0.3, 0.4) is 0 Å². The zero-order valence-electron chi connectivity index (χ0n) is 36.5. The summed E-state index contributed by atoms with van der Waals surface area (Å²) in [5.41, 5.74) is -0.634. The van der Waals surface area contributed by atoms with Crippen LogP contribution in [-0.4, -0.2) is 88.4 Å². The molecule has 0 radical (unpaired) electrons. The van der Waals surface area contributed by atoms with Crippen molar-refractivity contribution in [3.05, 3.63) is 30.1 Å². The third kappa shape index (κ3) is 7.54. The number of ketones is 2. The number of allylic oxidation sites excluding steroid dienone is 1. The molecular formula is C45H68N6O7S. The van der Waals surface area contributed by atoms with E-state index in [1.54, 1.807) is 15.7 Å². The maximum absolute atomic E-state index is 15.3. The molecule has 2 saturated heterocycles. The summed E-state index contributed by atoms with van der Waals surface area (Å²) in [6.07, 6.45) is 11.4. The van der Waals surface area contributed by atoms with Crippen molar-refractivity contribution in [1.29, 1.82) is 0 Å². The van der Waals surface area contributed by atoms with Crippen LogP contribution in [0.2, 0.25) is 0 Å². The van der Waals surface area contributed by atoms with Crippen LogP contribution in [0, 0.1) is 58.7 Å². The number of fused-ring (bicyclic) bond motifs is 1. The normalized spacial score (nSPS) is 29.8. The number of amides is 3. The molecule has 0 unspecified atom stereocenters. The van der Waals surface area contributed by atoms with Crippen molar-refractivity contribution < 1.29 is 32.4 Å². The fourth-order valence-corrected chi connectivity index (χ4v) is 13.7. The molecule has 6 aliphatic rings. The van der Waals surface area contributed by atoms with Crippen molar-refractivity contribution in [2.24, 2.45) is 44.8 Å². The Morgan fingerprint density at radius 2 is 1.63 bits per heavy atom. The number of hydrogen-bond acceptors (Lipinski definition) is 8. The fourth-order valence-electron chi connectivity index (χ4n) is 12.4. The number of aromatic nitrogens is 2. The van der Waals surface area contributed by atoms with Gasteiger partial charge in [-0.05, 0) is 99.4 Å². The monoisotopic (exact) mass is 836 g/mol. The van der Waals surface area contributed by atoms with Crippen molar-refractivity contribution in [1.82, 2.24) is 29.0 Å². The molecule has 326 valence electrons. The van der Waals surface area contributed by atoms with Gasteiger partial charge in [-0.2, -0.15) is 17.8 Å². The summed E-state index contributed by atoms with van der Waals surface area (Å²) in [6.45, 7) is 19.1. The predicted octanol–water partition coefficient (Wildman–Crippen LogP) is 5.59. The first-order valence-corrected chi connectivity index (χ1v) is 23.7. The molecule has 2 N–H and O–H groups in total. The van der Waals surface area contributed by atoms with Crippen molar-refractivity contribution in [2.45, 2.75) is 157 Å². The van der Waals surface area contributed by atoms with E-state index in [0.29, 0.717) is 32.5 Å². The molecule has 3 amide bonds. The topological polar surface area (TPSA) is 168 Å². The van der Waals surface area contributed by atoms with Crippen molar-refractivity contribution in [3.8, 4) is 0 Å². The molecule has 2 aliphatic heterocycles. The quantitative estimate of drug-likeness (QED) is 0.216. The molecule has 6 atom stereocenters. The molecule has 59 heavy (non-hydrogen) atoms. The Hall–Kier alpha value is -3.39. The number of carbonyl (C=O) groups excluding carboxylic acids is 5. The highest BCUT2D eigenvalue weighted by atomic mass is 32.2. The second kappa shape index (κ2) is 15.5. The molecular weight excluding hydrogens is 769 g/mol. The predicted molar refractivity (Wildman–Crippen MR) is 224 cm³/mol. The van der Waals surface area contributed by atoms with Crippen LogP contribution < -0.4 is 10.0 Å². The average molecular weight is 837 g/mol. The van der Waals surface area contributed by atoms with Crippen LogP contribution in [0.25, 0.3) is 0 Å². The Balaban J connectivity index is 1.15. The van der Waals surface area contributed by atoms with E-state index in [4.69, 9.17) is 0 Å². The molecule has 14 heteroatoms. The van der Waals surface area contributed by atoms with E-state index >= 15 is 4.79 Å². The van der Waals surface area contributed by atoms with Crippen LogP contribution in [0.5, 0.6) is 0 Å². The van der Waals surface area contributed by atoms with Crippen LogP contribution in [-0.2, 0) is 40.7 Å². The molecule has 3 heterocycles. The van der Waals surface area contributed by atoms with E-state index in [1.165, 1.54) is 4.31 Å². The molecule has 0 aromatic carbocycles. The smallest absolute Gasteiger partial charge is 0.303 e. The maximum Gasteiger partial charge on any atom is 0.303 e. The van der Waals surface area contributed by atoms with Crippen LogP contribution in [0.4, 0.5) is 0 Å². The Bertz CT molecular complexity index is 1980. The number of carbonyl (C=O) groups is 5. The summed E-state index contributed by atoms with van der Waals surface area (Å²) in [6, 6.07) is 0.340. The van der Waals surface area contributed by atoms with Gasteiger partial charge in [0.05, 0.1) is 23.2 Å². The van der Waals surface area contributed by atoms with Gasteiger partial charge in [-0.15, -0.1) is 6.58 Å². The van der Waals surface area contributed by atoms with Gasteiger partial charge in [-0.25, -0.2) is 4.72 Å². The third-order valence-electron chi connectivity index (χ3n) is 16.4. The molecule has 4 saturated carbocycles. The molecule has 1 aromatic heterocycles. The Kier molecular flexibility index (Phi) is 11.5. The first-order chi connectivity index (χ1) is 27.6. The number of hydrogen-bond donors (Lipinski definition) is 2. The largest absolute Gasteiger partial charge is 0.344 e. The first kappa shape index (κ1) is 43.7. The van der Waals surface area contributed by atoms with Gasteiger partial charge in [0.15, 0.2) is 11.6 Å². The summed E-state index contributed by atoms with van der Waals surface area (Å²) < 4.78 is 31.6. The minimum atomic E-state index is -4.07. The molecule has 7 rings (SSSR count). The first-order valence-electron chi connectivity index (χ1n) is 22.2. The van der Waals surface area contributed by atoms with Crippen molar-refractivity contribution >= 4 is 39.5 Å². The number of nitrogens with one attached hydrogen (secondary N) is 2. The van der Waals surface area contributed by atoms with E-state index < -0.39 is 44.9 Å². The summed E-state index contributed by atoms with van der Waals surface area (Å²) in [4.78, 5) is 74.0. The highest BCUT2D eigenvalue weighted by Crippen LogP contribution is 2.88. The number of aryl methyl sites for hydroxylation is 2. The van der Waals surface area contributed by atoms with Crippen LogP contribution in [0.1, 0.15) is 136 Å². The van der Waals surface area contributed by atoms with Crippen LogP contribution >= 0.6 is 0 Å². The van der Waals surface area contributed by atoms with E-state index in [0.717, 1.165) is 75.6 Å². The van der Waals surface area contributed by atoms with E-state index in [2.05, 4.69) is 35.6 Å². The zero-order chi connectivity index (χ0) is 42.9. The van der Waals surface area contributed by atoms with E-state index in [1.807, 2.05) is 40.7 Å². The molecule has 1 aromatic rings. The minimum Gasteiger partial charge on any atom is -0.344 e. The number of rotatable bonds is 15. The summed E-state index contributed by atoms with van der Waals surface area (Å²) >= 11 is 0.